The molecule has 0 bridgehead atoms. The summed E-state index contributed by atoms with van der Waals surface area (Å²) < 4.78 is 2.30. The fourth-order valence-electron chi connectivity index (χ4n) is 1.60. The molecule has 0 spiro atoms. The van der Waals surface area contributed by atoms with Crippen LogP contribution in [0.4, 0.5) is 0 Å². The van der Waals surface area contributed by atoms with E-state index < -0.39 is 0 Å². The summed E-state index contributed by atoms with van der Waals surface area (Å²) in [6, 6.07) is 11.4. The Morgan fingerprint density at radius 2 is 2.31 bits per heavy atom. The summed E-state index contributed by atoms with van der Waals surface area (Å²) in [4.78, 5) is 0. The van der Waals surface area contributed by atoms with Crippen LogP contribution in [-0.2, 0) is 6.54 Å². The highest BCUT2D eigenvalue weighted by molar-refractivity contribution is 5.79. The minimum absolute atomic E-state index is 1.12. The SMILES string of the molecule is CCCCn1ccc2cc[c]cc21. The van der Waals surface area contributed by atoms with Crippen LogP contribution in [0, 0.1) is 6.07 Å². The van der Waals surface area contributed by atoms with Crippen LogP contribution in [0.2, 0.25) is 0 Å². The van der Waals surface area contributed by atoms with Gasteiger partial charge in [0, 0.05) is 18.3 Å². The molecule has 13 heavy (non-hydrogen) atoms. The van der Waals surface area contributed by atoms with Crippen LogP contribution in [0.5, 0.6) is 0 Å². The lowest BCUT2D eigenvalue weighted by molar-refractivity contribution is 0.650. The van der Waals surface area contributed by atoms with Crippen LogP contribution in [0.3, 0.4) is 0 Å². The number of rotatable bonds is 3. The molecule has 0 saturated heterocycles. The van der Waals surface area contributed by atoms with E-state index in [2.05, 4.69) is 42.0 Å². The molecule has 1 radical (unpaired) electrons. The normalized spacial score (nSPS) is 10.8. The summed E-state index contributed by atoms with van der Waals surface area (Å²) in [7, 11) is 0. The van der Waals surface area contributed by atoms with E-state index in [0.29, 0.717) is 0 Å². The van der Waals surface area contributed by atoms with E-state index >= 15 is 0 Å². The zero-order chi connectivity index (χ0) is 9.10. The van der Waals surface area contributed by atoms with Crippen LogP contribution >= 0.6 is 0 Å². The first-order valence-electron chi connectivity index (χ1n) is 4.87. The smallest absolute Gasteiger partial charge is 0.0486 e. The minimum Gasteiger partial charge on any atom is -0.347 e. The molecule has 67 valence electrons. The summed E-state index contributed by atoms with van der Waals surface area (Å²) in [5.74, 6) is 0. The van der Waals surface area contributed by atoms with Gasteiger partial charge in [-0.1, -0.05) is 25.5 Å². The Hall–Kier alpha value is -1.24. The van der Waals surface area contributed by atoms with Gasteiger partial charge in [-0.25, -0.2) is 0 Å². The second-order valence-corrected chi connectivity index (χ2v) is 3.35. The molecule has 2 aromatic rings. The van der Waals surface area contributed by atoms with E-state index in [0.717, 1.165) is 6.54 Å². The van der Waals surface area contributed by atoms with E-state index in [1.165, 1.54) is 23.7 Å². The van der Waals surface area contributed by atoms with Gasteiger partial charge >= 0.3 is 0 Å². The lowest BCUT2D eigenvalue weighted by Gasteiger charge is -2.02. The Morgan fingerprint density at radius 1 is 1.38 bits per heavy atom. The number of aromatic nitrogens is 1. The zero-order valence-electron chi connectivity index (χ0n) is 7.96. The fraction of sp³-hybridized carbons (Fsp3) is 0.333. The highest BCUT2D eigenvalue weighted by atomic mass is 14.9. The Balaban J connectivity index is 2.35. The molecule has 0 N–H and O–H groups in total. The van der Waals surface area contributed by atoms with Crippen molar-refractivity contribution in [1.82, 2.24) is 4.57 Å². The number of benzene rings is 1. The molecule has 1 aromatic carbocycles. The lowest BCUT2D eigenvalue weighted by atomic mass is 10.2. The van der Waals surface area contributed by atoms with Gasteiger partial charge in [-0.15, -0.1) is 0 Å². The van der Waals surface area contributed by atoms with Gasteiger partial charge in [0.1, 0.15) is 0 Å². The van der Waals surface area contributed by atoms with Gasteiger partial charge in [0.15, 0.2) is 0 Å². The van der Waals surface area contributed by atoms with Crippen LogP contribution < -0.4 is 0 Å². The molecule has 0 aliphatic carbocycles. The first kappa shape index (κ1) is 8.36. The molecule has 0 saturated carbocycles. The van der Waals surface area contributed by atoms with Crippen LogP contribution in [0.1, 0.15) is 19.8 Å². The van der Waals surface area contributed by atoms with Crippen molar-refractivity contribution in [3.05, 3.63) is 36.5 Å². The number of aryl methyl sites for hydroxylation is 1. The molecule has 0 fully saturated rings. The zero-order valence-corrected chi connectivity index (χ0v) is 7.96. The van der Waals surface area contributed by atoms with Crippen molar-refractivity contribution in [3.8, 4) is 0 Å². The predicted octanol–water partition coefficient (Wildman–Crippen LogP) is 3.24. The molecule has 1 aromatic heterocycles. The van der Waals surface area contributed by atoms with Crippen molar-refractivity contribution in [3.63, 3.8) is 0 Å². The standard InChI is InChI=1S/C12H14N/c1-2-3-9-13-10-8-11-6-4-5-7-12(11)13/h4,6-8,10H,2-3,9H2,1H3. The maximum absolute atomic E-state index is 3.12. The predicted molar refractivity (Wildman–Crippen MR) is 55.7 cm³/mol. The quantitative estimate of drug-likeness (QED) is 0.669. The molecule has 1 heterocycles. The highest BCUT2D eigenvalue weighted by Gasteiger charge is 1.97. The van der Waals surface area contributed by atoms with Gasteiger partial charge in [0.05, 0.1) is 0 Å². The van der Waals surface area contributed by atoms with Crippen LogP contribution in [0.15, 0.2) is 30.5 Å². The Morgan fingerprint density at radius 3 is 3.15 bits per heavy atom. The molecule has 0 atom stereocenters. The Labute approximate surface area is 79.0 Å². The summed E-state index contributed by atoms with van der Waals surface area (Å²) >= 11 is 0. The van der Waals surface area contributed by atoms with Gasteiger partial charge < -0.3 is 4.57 Å². The lowest BCUT2D eigenvalue weighted by Crippen LogP contribution is -1.94. The molecule has 1 nitrogen and oxygen atoms in total. The van der Waals surface area contributed by atoms with Crippen LogP contribution in [0.25, 0.3) is 10.9 Å². The first-order chi connectivity index (χ1) is 6.42. The van der Waals surface area contributed by atoms with E-state index in [9.17, 15) is 0 Å². The topological polar surface area (TPSA) is 4.93 Å². The third-order valence-electron chi connectivity index (χ3n) is 2.37. The van der Waals surface area contributed by atoms with Crippen molar-refractivity contribution in [2.75, 3.05) is 0 Å². The second kappa shape index (κ2) is 3.65. The summed E-state index contributed by atoms with van der Waals surface area (Å²) in [5.41, 5.74) is 1.30. The van der Waals surface area contributed by atoms with Gasteiger partial charge in [-0.3, -0.25) is 0 Å². The Bertz CT molecular complexity index is 387. The molecule has 0 unspecified atom stereocenters. The average Bonchev–Trinajstić information content (AvgIpc) is 2.58. The van der Waals surface area contributed by atoms with Crippen molar-refractivity contribution in [2.24, 2.45) is 0 Å². The largest absolute Gasteiger partial charge is 0.347 e. The number of fused-ring (bicyclic) bond motifs is 1. The fourth-order valence-corrected chi connectivity index (χ4v) is 1.60. The van der Waals surface area contributed by atoms with Crippen LogP contribution in [-0.4, -0.2) is 4.57 Å². The number of hydrogen-bond donors (Lipinski definition) is 0. The third kappa shape index (κ3) is 1.59. The second-order valence-electron chi connectivity index (χ2n) is 3.35. The summed E-state index contributed by atoms with van der Waals surface area (Å²) in [6.45, 7) is 3.34. The summed E-state index contributed by atoms with van der Waals surface area (Å²) in [5, 5.41) is 1.31. The maximum Gasteiger partial charge on any atom is 0.0486 e. The molecular formula is C12H14N. The van der Waals surface area contributed by atoms with Crippen molar-refractivity contribution >= 4 is 10.9 Å². The maximum atomic E-state index is 3.12. The van der Waals surface area contributed by atoms with Crippen molar-refractivity contribution in [1.29, 1.82) is 0 Å². The monoisotopic (exact) mass is 172 g/mol. The van der Waals surface area contributed by atoms with E-state index in [-0.39, 0.29) is 0 Å². The molecule has 2 rings (SSSR count). The third-order valence-corrected chi connectivity index (χ3v) is 2.37. The van der Waals surface area contributed by atoms with E-state index in [4.69, 9.17) is 0 Å². The van der Waals surface area contributed by atoms with Gasteiger partial charge in [0.2, 0.25) is 0 Å². The van der Waals surface area contributed by atoms with Crippen molar-refractivity contribution < 1.29 is 0 Å². The minimum atomic E-state index is 1.12. The van der Waals surface area contributed by atoms with Gasteiger partial charge in [-0.05, 0) is 30.0 Å². The molecule has 0 aliphatic rings. The number of unbranched alkanes of at least 4 members (excludes halogenated alkanes) is 1. The molecule has 1 heteroatoms. The number of nitrogens with zero attached hydrogens (tertiary/aromatic N) is 1. The number of hydrogen-bond acceptors (Lipinski definition) is 0. The first-order valence-corrected chi connectivity index (χ1v) is 4.87. The van der Waals surface area contributed by atoms with E-state index in [1.54, 1.807) is 0 Å². The Kier molecular flexibility index (Phi) is 2.35. The summed E-state index contributed by atoms with van der Waals surface area (Å²) in [6.07, 6.45) is 4.66. The van der Waals surface area contributed by atoms with E-state index in [1.807, 2.05) is 6.07 Å². The van der Waals surface area contributed by atoms with Gasteiger partial charge in [-0.2, -0.15) is 0 Å². The van der Waals surface area contributed by atoms with Gasteiger partial charge in [0.25, 0.3) is 0 Å². The highest BCUT2D eigenvalue weighted by Crippen LogP contribution is 2.15. The average molecular weight is 172 g/mol. The molecule has 0 aliphatic heterocycles. The van der Waals surface area contributed by atoms with Crippen molar-refractivity contribution in [2.45, 2.75) is 26.3 Å². The molecule has 0 amide bonds. The molecular weight excluding hydrogens is 158 g/mol.